The summed E-state index contributed by atoms with van der Waals surface area (Å²) in [4.78, 5) is 23.4. The zero-order valence-electron chi connectivity index (χ0n) is 16.3. The van der Waals surface area contributed by atoms with Crippen LogP contribution in [0.4, 0.5) is 0 Å². The van der Waals surface area contributed by atoms with Gasteiger partial charge in [0.25, 0.3) is 5.91 Å². The maximum atomic E-state index is 12.7. The Labute approximate surface area is 176 Å². The molecule has 0 radical (unpaired) electrons. The number of aliphatic imine (C=N–C) groups is 2. The van der Waals surface area contributed by atoms with Gasteiger partial charge in [-0.15, -0.1) is 0 Å². The first-order valence-corrected chi connectivity index (χ1v) is 10.3. The Bertz CT molecular complexity index is 821. The predicted octanol–water partition coefficient (Wildman–Crippen LogP) is 4.60. The van der Waals surface area contributed by atoms with Gasteiger partial charge < -0.3 is 5.32 Å². The quantitative estimate of drug-likeness (QED) is 0.539. The first kappa shape index (κ1) is 21.0. The molecule has 1 aliphatic carbocycles. The van der Waals surface area contributed by atoms with Crippen molar-refractivity contribution < 1.29 is 4.79 Å². The molecule has 1 amide bonds. The van der Waals surface area contributed by atoms with Crippen molar-refractivity contribution in [1.29, 1.82) is 0 Å². The van der Waals surface area contributed by atoms with Crippen LogP contribution in [0.3, 0.4) is 0 Å². The van der Waals surface area contributed by atoms with E-state index in [4.69, 9.17) is 23.2 Å². The summed E-state index contributed by atoms with van der Waals surface area (Å²) in [6, 6.07) is 5.74. The number of benzene rings is 1. The Kier molecular flexibility index (Phi) is 6.91. The number of amides is 1. The molecule has 1 N–H and O–H groups in total. The van der Waals surface area contributed by atoms with Crippen LogP contribution in [0, 0.1) is 5.92 Å². The molecular formula is C21H26Cl2N4O. The summed E-state index contributed by atoms with van der Waals surface area (Å²) >= 11 is 12.2. The van der Waals surface area contributed by atoms with E-state index >= 15 is 0 Å². The average Bonchev–Trinajstić information content (AvgIpc) is 3.31. The molecule has 1 aromatic rings. The lowest BCUT2D eigenvalue weighted by atomic mass is 10.0. The summed E-state index contributed by atoms with van der Waals surface area (Å²) in [6.45, 7) is 8.92. The highest BCUT2D eigenvalue weighted by molar-refractivity contribution is 6.43. The smallest absolute Gasteiger partial charge is 0.252 e. The summed E-state index contributed by atoms with van der Waals surface area (Å²) < 4.78 is 0. The Hall–Kier alpha value is -1.69. The minimum absolute atomic E-state index is 0.0820. The van der Waals surface area contributed by atoms with Gasteiger partial charge in [-0.05, 0) is 63.5 Å². The van der Waals surface area contributed by atoms with E-state index in [2.05, 4.69) is 33.8 Å². The number of fused-ring (bicyclic) bond motifs is 2. The molecule has 2 fully saturated rings. The number of likely N-dealkylation sites (tertiary alicyclic amines) is 1. The Balaban J connectivity index is 1.76. The molecule has 7 heteroatoms. The molecule has 1 aromatic carbocycles. The fourth-order valence-corrected chi connectivity index (χ4v) is 4.56. The van der Waals surface area contributed by atoms with Crippen LogP contribution >= 0.6 is 23.2 Å². The molecule has 2 bridgehead atoms. The molecule has 3 rings (SSSR count). The minimum atomic E-state index is -0.220. The number of carbonyl (C=O) groups is 1. The van der Waals surface area contributed by atoms with Crippen LogP contribution in [0.15, 0.2) is 40.0 Å². The third-order valence-electron chi connectivity index (χ3n) is 5.71. The lowest BCUT2D eigenvalue weighted by Crippen LogP contribution is -2.48. The first-order valence-electron chi connectivity index (χ1n) is 9.56. The van der Waals surface area contributed by atoms with Crippen LogP contribution in [-0.4, -0.2) is 48.5 Å². The van der Waals surface area contributed by atoms with Crippen molar-refractivity contribution in [2.24, 2.45) is 15.9 Å². The number of amidine groups is 1. The largest absolute Gasteiger partial charge is 0.350 e. The molecular weight excluding hydrogens is 395 g/mol. The number of nitrogens with zero attached hydrogens (tertiary/aromatic N) is 3. The molecule has 5 nitrogen and oxygen atoms in total. The van der Waals surface area contributed by atoms with Crippen LogP contribution < -0.4 is 5.32 Å². The van der Waals surface area contributed by atoms with Crippen LogP contribution in [0.1, 0.15) is 43.5 Å². The van der Waals surface area contributed by atoms with Crippen molar-refractivity contribution in [1.82, 2.24) is 10.2 Å². The highest BCUT2D eigenvalue weighted by Gasteiger charge is 2.41. The van der Waals surface area contributed by atoms with Crippen LogP contribution in [0.5, 0.6) is 0 Å². The van der Waals surface area contributed by atoms with E-state index in [9.17, 15) is 4.79 Å². The summed E-state index contributed by atoms with van der Waals surface area (Å²) in [5.41, 5.74) is 1.48. The van der Waals surface area contributed by atoms with Gasteiger partial charge in [0.05, 0.1) is 15.6 Å². The second kappa shape index (κ2) is 9.21. The zero-order chi connectivity index (χ0) is 20.3. The van der Waals surface area contributed by atoms with E-state index in [0.717, 1.165) is 18.0 Å². The van der Waals surface area contributed by atoms with Gasteiger partial charge in [-0.25, -0.2) is 9.98 Å². The lowest BCUT2D eigenvalue weighted by molar-refractivity contribution is 0.0930. The SMILES string of the molecule is C=N/C(C)=N\C=C(/C)C(CNC(=O)c1cccc(Cl)c1Cl)N1CC2CCC1C2. The van der Waals surface area contributed by atoms with Gasteiger partial charge in [0.15, 0.2) is 0 Å². The molecule has 3 atom stereocenters. The van der Waals surface area contributed by atoms with E-state index in [1.807, 2.05) is 13.1 Å². The third-order valence-corrected chi connectivity index (χ3v) is 6.53. The van der Waals surface area contributed by atoms with Gasteiger partial charge in [-0.1, -0.05) is 29.3 Å². The van der Waals surface area contributed by atoms with E-state index in [0.29, 0.717) is 29.0 Å². The van der Waals surface area contributed by atoms with E-state index in [-0.39, 0.29) is 17.0 Å². The van der Waals surface area contributed by atoms with Gasteiger partial charge in [-0.2, -0.15) is 0 Å². The molecule has 150 valence electrons. The van der Waals surface area contributed by atoms with Crippen molar-refractivity contribution in [3.05, 3.63) is 45.6 Å². The number of piperidine rings is 1. The lowest BCUT2D eigenvalue weighted by Gasteiger charge is -2.35. The maximum Gasteiger partial charge on any atom is 0.252 e. The summed E-state index contributed by atoms with van der Waals surface area (Å²) in [6.07, 6.45) is 5.60. The molecule has 0 aromatic heterocycles. The number of halogens is 2. The summed E-state index contributed by atoms with van der Waals surface area (Å²) in [5, 5.41) is 3.69. The highest BCUT2D eigenvalue weighted by atomic mass is 35.5. The van der Waals surface area contributed by atoms with Crippen LogP contribution in [-0.2, 0) is 0 Å². The Morgan fingerprint density at radius 3 is 2.82 bits per heavy atom. The van der Waals surface area contributed by atoms with Gasteiger partial charge >= 0.3 is 0 Å². The van der Waals surface area contributed by atoms with Gasteiger partial charge in [0, 0.05) is 31.4 Å². The van der Waals surface area contributed by atoms with Crippen LogP contribution in [0.25, 0.3) is 0 Å². The molecule has 1 heterocycles. The minimum Gasteiger partial charge on any atom is -0.350 e. The Morgan fingerprint density at radius 1 is 1.39 bits per heavy atom. The molecule has 28 heavy (non-hydrogen) atoms. The first-order chi connectivity index (χ1) is 13.4. The number of hydrogen-bond donors (Lipinski definition) is 1. The fraction of sp³-hybridized carbons (Fsp3) is 0.476. The zero-order valence-corrected chi connectivity index (χ0v) is 17.8. The van der Waals surface area contributed by atoms with Crippen LogP contribution in [0.2, 0.25) is 10.0 Å². The molecule has 3 unspecified atom stereocenters. The van der Waals surface area contributed by atoms with E-state index < -0.39 is 0 Å². The Morgan fingerprint density at radius 2 is 2.18 bits per heavy atom. The van der Waals surface area contributed by atoms with Crippen molar-refractivity contribution in [3.63, 3.8) is 0 Å². The second-order valence-electron chi connectivity index (χ2n) is 7.56. The summed E-state index contributed by atoms with van der Waals surface area (Å²) in [7, 11) is 0. The van der Waals surface area contributed by atoms with Gasteiger partial charge in [0.2, 0.25) is 0 Å². The number of hydrogen-bond acceptors (Lipinski definition) is 3. The monoisotopic (exact) mass is 420 g/mol. The highest BCUT2D eigenvalue weighted by Crippen LogP contribution is 2.39. The topological polar surface area (TPSA) is 57.1 Å². The maximum absolute atomic E-state index is 12.7. The van der Waals surface area contributed by atoms with Crippen molar-refractivity contribution in [3.8, 4) is 0 Å². The molecule has 1 saturated heterocycles. The van der Waals surface area contributed by atoms with E-state index in [1.165, 1.54) is 19.3 Å². The number of carbonyl (C=O) groups excluding carboxylic acids is 1. The average molecular weight is 421 g/mol. The number of rotatable bonds is 6. The van der Waals surface area contributed by atoms with Gasteiger partial charge in [-0.3, -0.25) is 9.69 Å². The predicted molar refractivity (Wildman–Crippen MR) is 117 cm³/mol. The van der Waals surface area contributed by atoms with E-state index in [1.54, 1.807) is 18.2 Å². The second-order valence-corrected chi connectivity index (χ2v) is 8.35. The fourth-order valence-electron chi connectivity index (χ4n) is 4.17. The molecule has 0 spiro atoms. The standard InChI is InChI=1S/C21H26Cl2N4O/c1-13(10-25-14(2)24-3)19(27-12-15-7-8-16(27)9-15)11-26-21(28)17-5-4-6-18(22)20(17)23/h4-6,10,15-16,19H,3,7-9,11-12H2,1-2H3,(H,26,28)/b13-10+,25-14-. The van der Waals surface area contributed by atoms with Crippen molar-refractivity contribution in [2.45, 2.75) is 45.2 Å². The normalized spacial score (nSPS) is 23.7. The van der Waals surface area contributed by atoms with Gasteiger partial charge in [0.1, 0.15) is 5.84 Å². The molecule has 2 aliphatic rings. The van der Waals surface area contributed by atoms with Crippen molar-refractivity contribution >= 4 is 41.7 Å². The van der Waals surface area contributed by atoms with Crippen molar-refractivity contribution in [2.75, 3.05) is 13.1 Å². The summed E-state index contributed by atoms with van der Waals surface area (Å²) in [5.74, 6) is 1.16. The molecule has 1 aliphatic heterocycles. The number of nitrogens with one attached hydrogen (secondary N) is 1. The third kappa shape index (κ3) is 4.65. The molecule has 1 saturated carbocycles.